The number of urea groups is 1. The zero-order chi connectivity index (χ0) is 15.2. The van der Waals surface area contributed by atoms with Crippen LogP contribution in [-0.4, -0.2) is 49.3 Å². The molecule has 0 bridgehead atoms. The summed E-state index contributed by atoms with van der Waals surface area (Å²) < 4.78 is 18.4. The van der Waals surface area contributed by atoms with Crippen molar-refractivity contribution in [1.82, 2.24) is 10.2 Å². The maximum atomic E-state index is 12.8. The normalized spacial score (nSPS) is 22.8. The van der Waals surface area contributed by atoms with Crippen LogP contribution in [0.15, 0.2) is 24.3 Å². The second kappa shape index (κ2) is 7.38. The lowest BCUT2D eigenvalue weighted by molar-refractivity contribution is -0.0672. The van der Waals surface area contributed by atoms with Gasteiger partial charge in [-0.05, 0) is 38.1 Å². The van der Waals surface area contributed by atoms with Gasteiger partial charge in [-0.25, -0.2) is 9.18 Å². The van der Waals surface area contributed by atoms with Crippen molar-refractivity contribution in [2.45, 2.75) is 26.1 Å². The molecule has 1 heterocycles. The van der Waals surface area contributed by atoms with E-state index in [-0.39, 0.29) is 24.1 Å². The maximum Gasteiger partial charge on any atom is 0.319 e. The number of hydrogen-bond acceptors (Lipinski definition) is 3. The van der Waals surface area contributed by atoms with Gasteiger partial charge < -0.3 is 15.4 Å². The Morgan fingerprint density at radius 1 is 1.29 bits per heavy atom. The third kappa shape index (κ3) is 5.32. The molecule has 2 atom stereocenters. The molecule has 1 aliphatic rings. The fourth-order valence-electron chi connectivity index (χ4n) is 2.50. The zero-order valence-electron chi connectivity index (χ0n) is 12.4. The van der Waals surface area contributed by atoms with Gasteiger partial charge in [-0.2, -0.15) is 0 Å². The highest BCUT2D eigenvalue weighted by atomic mass is 19.1. The van der Waals surface area contributed by atoms with Gasteiger partial charge in [0.1, 0.15) is 5.82 Å². The van der Waals surface area contributed by atoms with Crippen molar-refractivity contribution < 1.29 is 13.9 Å². The number of nitrogens with zero attached hydrogens (tertiary/aromatic N) is 1. The summed E-state index contributed by atoms with van der Waals surface area (Å²) in [5.74, 6) is -0.323. The number of carbonyl (C=O) groups excluding carboxylic acids is 1. The predicted molar refractivity (Wildman–Crippen MR) is 79.9 cm³/mol. The van der Waals surface area contributed by atoms with E-state index in [1.807, 2.05) is 0 Å². The Labute approximate surface area is 124 Å². The van der Waals surface area contributed by atoms with Gasteiger partial charge in [-0.15, -0.1) is 0 Å². The van der Waals surface area contributed by atoms with Gasteiger partial charge >= 0.3 is 6.03 Å². The predicted octanol–water partition coefficient (Wildman–Crippen LogP) is 2.06. The molecule has 1 fully saturated rings. The first-order valence-electron chi connectivity index (χ1n) is 7.21. The Balaban J connectivity index is 1.68. The number of rotatable bonds is 4. The molecule has 1 aromatic carbocycles. The van der Waals surface area contributed by atoms with Gasteiger partial charge in [-0.3, -0.25) is 4.90 Å². The number of nitrogens with one attached hydrogen (secondary N) is 2. The van der Waals surface area contributed by atoms with E-state index in [0.29, 0.717) is 12.2 Å². The molecular formula is C15H22FN3O2. The first-order valence-corrected chi connectivity index (χ1v) is 7.21. The molecule has 116 valence electrons. The average Bonchev–Trinajstić information content (AvgIpc) is 2.40. The number of morpholine rings is 1. The quantitative estimate of drug-likeness (QED) is 0.894. The number of anilines is 1. The lowest BCUT2D eigenvalue weighted by atomic mass is 10.2. The van der Waals surface area contributed by atoms with E-state index < -0.39 is 0 Å². The highest BCUT2D eigenvalue weighted by Crippen LogP contribution is 2.10. The minimum absolute atomic E-state index is 0.224. The highest BCUT2D eigenvalue weighted by molar-refractivity contribution is 5.89. The minimum Gasteiger partial charge on any atom is -0.373 e. The van der Waals surface area contributed by atoms with Crippen molar-refractivity contribution in [3.05, 3.63) is 30.1 Å². The summed E-state index contributed by atoms with van der Waals surface area (Å²) in [6, 6.07) is 5.40. The molecule has 1 saturated heterocycles. The maximum absolute atomic E-state index is 12.8. The number of amides is 2. The Morgan fingerprint density at radius 3 is 2.52 bits per heavy atom. The monoisotopic (exact) mass is 295 g/mol. The van der Waals surface area contributed by atoms with E-state index in [2.05, 4.69) is 29.4 Å². The molecule has 0 saturated carbocycles. The van der Waals surface area contributed by atoms with Crippen molar-refractivity contribution in [3.8, 4) is 0 Å². The fraction of sp³-hybridized carbons (Fsp3) is 0.533. The first kappa shape index (κ1) is 15.7. The Bertz CT molecular complexity index is 456. The molecule has 1 aliphatic heterocycles. The van der Waals surface area contributed by atoms with E-state index in [4.69, 9.17) is 4.74 Å². The lowest BCUT2D eigenvalue weighted by Gasteiger charge is -2.35. The van der Waals surface area contributed by atoms with Gasteiger partial charge in [0.05, 0.1) is 12.2 Å². The van der Waals surface area contributed by atoms with E-state index >= 15 is 0 Å². The van der Waals surface area contributed by atoms with Crippen LogP contribution in [0.2, 0.25) is 0 Å². The van der Waals surface area contributed by atoms with E-state index in [1.54, 1.807) is 0 Å². The Morgan fingerprint density at radius 2 is 1.90 bits per heavy atom. The molecule has 2 N–H and O–H groups in total. The SMILES string of the molecule is C[C@@H]1CN(CCNC(=O)Nc2ccc(F)cc2)C[C@H](C)O1. The van der Waals surface area contributed by atoms with E-state index in [9.17, 15) is 9.18 Å². The second-order valence-electron chi connectivity index (χ2n) is 5.40. The third-order valence-corrected chi connectivity index (χ3v) is 3.31. The van der Waals surface area contributed by atoms with Crippen molar-refractivity contribution in [2.24, 2.45) is 0 Å². The number of halogens is 1. The zero-order valence-corrected chi connectivity index (χ0v) is 12.4. The van der Waals surface area contributed by atoms with Crippen LogP contribution in [0.3, 0.4) is 0 Å². The summed E-state index contributed by atoms with van der Waals surface area (Å²) in [5, 5.41) is 5.46. The Hall–Kier alpha value is -1.66. The van der Waals surface area contributed by atoms with Crippen LogP contribution in [0.25, 0.3) is 0 Å². The van der Waals surface area contributed by atoms with Crippen molar-refractivity contribution in [3.63, 3.8) is 0 Å². The molecule has 2 rings (SSSR count). The Kier molecular flexibility index (Phi) is 5.52. The fourth-order valence-corrected chi connectivity index (χ4v) is 2.50. The van der Waals surface area contributed by atoms with Gasteiger partial charge in [0.2, 0.25) is 0 Å². The van der Waals surface area contributed by atoms with Gasteiger partial charge in [0, 0.05) is 31.9 Å². The molecule has 0 spiro atoms. The van der Waals surface area contributed by atoms with E-state index in [1.165, 1.54) is 24.3 Å². The standard InChI is InChI=1S/C15H22FN3O2/c1-11-9-19(10-12(2)21-11)8-7-17-15(20)18-14-5-3-13(16)4-6-14/h3-6,11-12H,7-10H2,1-2H3,(H2,17,18,20)/t11-,12+. The van der Waals surface area contributed by atoms with Gasteiger partial charge in [-0.1, -0.05) is 0 Å². The largest absolute Gasteiger partial charge is 0.373 e. The molecule has 5 nitrogen and oxygen atoms in total. The van der Waals surface area contributed by atoms with Crippen molar-refractivity contribution in [1.29, 1.82) is 0 Å². The van der Waals surface area contributed by atoms with Crippen LogP contribution in [-0.2, 0) is 4.74 Å². The smallest absolute Gasteiger partial charge is 0.319 e. The number of benzene rings is 1. The molecule has 0 aliphatic carbocycles. The average molecular weight is 295 g/mol. The third-order valence-electron chi connectivity index (χ3n) is 3.31. The summed E-state index contributed by atoms with van der Waals surface area (Å²) in [6.07, 6.45) is 0.448. The number of ether oxygens (including phenoxy) is 1. The van der Waals surface area contributed by atoms with E-state index in [0.717, 1.165) is 19.6 Å². The molecule has 0 radical (unpaired) electrons. The lowest BCUT2D eigenvalue weighted by Crippen LogP contribution is -2.48. The molecule has 0 unspecified atom stereocenters. The topological polar surface area (TPSA) is 53.6 Å². The second-order valence-corrected chi connectivity index (χ2v) is 5.40. The van der Waals surface area contributed by atoms with Crippen LogP contribution in [0.4, 0.5) is 14.9 Å². The molecule has 6 heteroatoms. The van der Waals surface area contributed by atoms with Gasteiger partial charge in [0.15, 0.2) is 0 Å². The number of hydrogen-bond donors (Lipinski definition) is 2. The highest BCUT2D eigenvalue weighted by Gasteiger charge is 2.21. The van der Waals surface area contributed by atoms with Crippen LogP contribution in [0.5, 0.6) is 0 Å². The molecule has 1 aromatic rings. The molecule has 0 aromatic heterocycles. The van der Waals surface area contributed by atoms with Crippen LogP contribution in [0.1, 0.15) is 13.8 Å². The molecule has 2 amide bonds. The first-order chi connectivity index (χ1) is 10.0. The van der Waals surface area contributed by atoms with Crippen molar-refractivity contribution in [2.75, 3.05) is 31.5 Å². The molecule has 21 heavy (non-hydrogen) atoms. The van der Waals surface area contributed by atoms with Crippen LogP contribution < -0.4 is 10.6 Å². The molecular weight excluding hydrogens is 273 g/mol. The van der Waals surface area contributed by atoms with Crippen LogP contribution >= 0.6 is 0 Å². The number of carbonyl (C=O) groups is 1. The van der Waals surface area contributed by atoms with Crippen LogP contribution in [0, 0.1) is 5.82 Å². The summed E-state index contributed by atoms with van der Waals surface area (Å²) >= 11 is 0. The summed E-state index contributed by atoms with van der Waals surface area (Å²) in [7, 11) is 0. The van der Waals surface area contributed by atoms with Crippen molar-refractivity contribution >= 4 is 11.7 Å². The summed E-state index contributed by atoms with van der Waals surface area (Å²) in [4.78, 5) is 14.0. The summed E-state index contributed by atoms with van der Waals surface area (Å²) in [6.45, 7) is 7.22. The minimum atomic E-state index is -0.323. The summed E-state index contributed by atoms with van der Waals surface area (Å²) in [5.41, 5.74) is 0.572. The van der Waals surface area contributed by atoms with Gasteiger partial charge in [0.25, 0.3) is 0 Å².